The fraction of sp³-hybridized carbons (Fsp3) is 0.455. The highest BCUT2D eigenvalue weighted by Crippen LogP contribution is 2.32. The molecule has 1 aromatic heterocycles. The topological polar surface area (TPSA) is 118 Å². The van der Waals surface area contributed by atoms with Crippen LogP contribution in [-0.4, -0.2) is 72.1 Å². The molecule has 1 amide bonds. The van der Waals surface area contributed by atoms with Crippen molar-refractivity contribution in [2.24, 2.45) is 5.73 Å². The molecule has 0 aliphatic carbocycles. The van der Waals surface area contributed by atoms with Crippen molar-refractivity contribution in [3.63, 3.8) is 0 Å². The maximum Gasteiger partial charge on any atom is 0.250 e. The van der Waals surface area contributed by atoms with Gasteiger partial charge >= 0.3 is 0 Å². The Kier molecular flexibility index (Phi) is 10.1. The minimum Gasteiger partial charge on any atom is -0.324 e. The van der Waals surface area contributed by atoms with E-state index in [0.29, 0.717) is 47.8 Å². The van der Waals surface area contributed by atoms with Crippen molar-refractivity contribution < 1.29 is 17.6 Å². The van der Waals surface area contributed by atoms with Gasteiger partial charge in [0.15, 0.2) is 0 Å². The quantitative estimate of drug-likeness (QED) is 0.353. The Morgan fingerprint density at radius 3 is 2.51 bits per heavy atom. The molecule has 3 N–H and O–H groups in total. The summed E-state index contributed by atoms with van der Waals surface area (Å²) in [6.07, 6.45) is 3.80. The highest BCUT2D eigenvalue weighted by molar-refractivity contribution is 7.89. The Labute approximate surface area is 269 Å². The third kappa shape index (κ3) is 7.33. The van der Waals surface area contributed by atoms with Crippen molar-refractivity contribution in [3.8, 4) is 0 Å². The lowest BCUT2D eigenvalue weighted by molar-refractivity contribution is -0.117. The van der Waals surface area contributed by atoms with E-state index in [2.05, 4.69) is 10.2 Å². The molecule has 2 aliphatic rings. The number of hydrogen-bond donors (Lipinski definition) is 2. The fourth-order valence-corrected chi connectivity index (χ4v) is 8.49. The smallest absolute Gasteiger partial charge is 0.250 e. The van der Waals surface area contributed by atoms with E-state index in [-0.39, 0.29) is 35.9 Å². The molecule has 12 heteroatoms. The van der Waals surface area contributed by atoms with Crippen LogP contribution >= 0.6 is 11.6 Å². The molecule has 0 spiro atoms. The first-order valence-electron chi connectivity index (χ1n) is 15.4. The van der Waals surface area contributed by atoms with E-state index in [4.69, 9.17) is 17.3 Å². The normalized spacial score (nSPS) is 22.9. The molecule has 3 heterocycles. The van der Waals surface area contributed by atoms with Crippen LogP contribution < -0.4 is 16.6 Å². The average molecular weight is 658 g/mol. The van der Waals surface area contributed by atoms with E-state index in [0.717, 1.165) is 12.0 Å². The van der Waals surface area contributed by atoms with Crippen LogP contribution in [0.15, 0.2) is 65.6 Å². The largest absolute Gasteiger partial charge is 0.324 e. The van der Waals surface area contributed by atoms with Gasteiger partial charge < -0.3 is 20.5 Å². The number of carbonyl (C=O) groups excluding carboxylic acids is 1. The number of carbonyl (C=O) groups is 1. The van der Waals surface area contributed by atoms with Gasteiger partial charge in [0.25, 0.3) is 5.56 Å². The van der Waals surface area contributed by atoms with Crippen LogP contribution in [0.1, 0.15) is 61.8 Å². The van der Waals surface area contributed by atoms with Crippen LogP contribution in [0.2, 0.25) is 5.02 Å². The summed E-state index contributed by atoms with van der Waals surface area (Å²) in [5.74, 6) is -1.53. The van der Waals surface area contributed by atoms with E-state index >= 15 is 4.39 Å². The third-order valence-electron chi connectivity index (χ3n) is 9.09. The van der Waals surface area contributed by atoms with Gasteiger partial charge in [-0.1, -0.05) is 35.9 Å². The average Bonchev–Trinajstić information content (AvgIpc) is 3.13. The van der Waals surface area contributed by atoms with Gasteiger partial charge in [0, 0.05) is 65.7 Å². The lowest BCUT2D eigenvalue weighted by Gasteiger charge is -2.42. The second-order valence-electron chi connectivity index (χ2n) is 12.4. The number of likely N-dealkylation sites (N-methyl/N-ethyl adjacent to an activating group) is 1. The zero-order valence-electron chi connectivity index (χ0n) is 25.8. The molecule has 2 aliphatic heterocycles. The Hall–Kier alpha value is -3.09. The van der Waals surface area contributed by atoms with Crippen LogP contribution in [0, 0.1) is 5.82 Å². The Balaban J connectivity index is 1.40. The molecule has 2 bridgehead atoms. The molecular formula is C33H41ClFN5O4S. The summed E-state index contributed by atoms with van der Waals surface area (Å²) in [6, 6.07) is 13.3. The van der Waals surface area contributed by atoms with E-state index < -0.39 is 33.7 Å². The predicted molar refractivity (Wildman–Crippen MR) is 176 cm³/mol. The molecule has 45 heavy (non-hydrogen) atoms. The number of amides is 1. The first-order chi connectivity index (χ1) is 21.4. The highest BCUT2D eigenvalue weighted by atomic mass is 35.5. The number of hydrogen-bond acceptors (Lipinski definition) is 6. The van der Waals surface area contributed by atoms with Gasteiger partial charge in [-0.05, 0) is 82.0 Å². The number of halogens is 2. The summed E-state index contributed by atoms with van der Waals surface area (Å²) >= 11 is 6.15. The number of piperazine rings is 1. The lowest BCUT2D eigenvalue weighted by Crippen LogP contribution is -2.57. The summed E-state index contributed by atoms with van der Waals surface area (Å²) < 4.78 is 44.6. The van der Waals surface area contributed by atoms with Crippen LogP contribution in [0.3, 0.4) is 0 Å². The van der Waals surface area contributed by atoms with Crippen LogP contribution in [0.4, 0.5) is 10.1 Å². The number of benzene rings is 2. The standard InChI is InChI=1S/C33H41ClFN5O4S/c1-21(2)39-18-23(11-16-30(39)41)31(22-9-12-24(34)13-10-22)32(36)33(42)37-29-8-4-7-28(35)27(29)15-14-26-19-38(3)25-6-5-17-45(43,44)40(26)20-25/h4,7-13,16,18,21,25-26,31-32H,5-6,14-15,17,19-20,36H2,1-3H3,(H,37,42). The zero-order valence-corrected chi connectivity index (χ0v) is 27.4. The lowest BCUT2D eigenvalue weighted by atomic mass is 9.85. The van der Waals surface area contributed by atoms with Gasteiger partial charge in [-0.15, -0.1) is 0 Å². The molecule has 2 saturated heterocycles. The number of aromatic nitrogens is 1. The molecule has 5 unspecified atom stereocenters. The molecule has 2 fully saturated rings. The Morgan fingerprint density at radius 1 is 1.09 bits per heavy atom. The number of nitrogens with one attached hydrogen (secondary N) is 1. The predicted octanol–water partition coefficient (Wildman–Crippen LogP) is 4.36. The number of anilines is 1. The summed E-state index contributed by atoms with van der Waals surface area (Å²) in [6.45, 7) is 4.79. The van der Waals surface area contributed by atoms with E-state index in [1.807, 2.05) is 20.9 Å². The number of nitrogens with two attached hydrogens (primary N) is 1. The van der Waals surface area contributed by atoms with Gasteiger partial charge in [-0.25, -0.2) is 12.8 Å². The Morgan fingerprint density at radius 2 is 1.80 bits per heavy atom. The molecule has 242 valence electrons. The van der Waals surface area contributed by atoms with Crippen LogP contribution in [0.25, 0.3) is 0 Å². The number of nitrogens with zero attached hydrogens (tertiary/aromatic N) is 3. The van der Waals surface area contributed by atoms with E-state index in [1.54, 1.807) is 51.5 Å². The molecule has 0 saturated carbocycles. The maximum absolute atomic E-state index is 15.3. The van der Waals surface area contributed by atoms with Crippen molar-refractivity contribution in [1.82, 2.24) is 13.8 Å². The molecule has 5 atom stereocenters. The number of pyridine rings is 1. The second-order valence-corrected chi connectivity index (χ2v) is 14.9. The van der Waals surface area contributed by atoms with Gasteiger partial charge in [0.05, 0.1) is 11.8 Å². The maximum atomic E-state index is 15.3. The van der Waals surface area contributed by atoms with Crippen molar-refractivity contribution in [3.05, 3.63) is 98.7 Å². The van der Waals surface area contributed by atoms with E-state index in [9.17, 15) is 18.0 Å². The highest BCUT2D eigenvalue weighted by Gasteiger charge is 2.40. The van der Waals surface area contributed by atoms with Gasteiger partial charge in [0.2, 0.25) is 15.9 Å². The monoisotopic (exact) mass is 657 g/mol. The van der Waals surface area contributed by atoms with Gasteiger partial charge in [0.1, 0.15) is 5.82 Å². The molecule has 0 radical (unpaired) electrons. The number of rotatable bonds is 9. The third-order valence-corrected chi connectivity index (χ3v) is 11.3. The minimum atomic E-state index is -3.40. The van der Waals surface area contributed by atoms with Crippen molar-refractivity contribution in [2.75, 3.05) is 31.2 Å². The number of fused-ring (bicyclic) bond motifs is 2. The van der Waals surface area contributed by atoms with Crippen molar-refractivity contribution in [1.29, 1.82) is 0 Å². The summed E-state index contributed by atoms with van der Waals surface area (Å²) in [5, 5.41) is 3.38. The van der Waals surface area contributed by atoms with Gasteiger partial charge in [-0.2, -0.15) is 4.31 Å². The molecular weight excluding hydrogens is 617 g/mol. The van der Waals surface area contributed by atoms with Crippen LogP contribution in [0.5, 0.6) is 0 Å². The van der Waals surface area contributed by atoms with Crippen molar-refractivity contribution >= 4 is 33.2 Å². The Bertz CT molecular complexity index is 1700. The first-order valence-corrected chi connectivity index (χ1v) is 17.4. The first kappa shape index (κ1) is 33.3. The molecule has 2 aromatic carbocycles. The fourth-order valence-electron chi connectivity index (χ4n) is 6.57. The minimum absolute atomic E-state index is 0.109. The number of sulfonamides is 1. The molecule has 9 nitrogen and oxygen atoms in total. The van der Waals surface area contributed by atoms with Gasteiger partial charge in [-0.3, -0.25) is 9.59 Å². The van der Waals surface area contributed by atoms with Crippen LogP contribution in [-0.2, 0) is 21.2 Å². The summed E-state index contributed by atoms with van der Waals surface area (Å²) in [5.41, 5.74) is 8.49. The molecule has 3 aromatic rings. The zero-order chi connectivity index (χ0) is 32.5. The van der Waals surface area contributed by atoms with Crippen molar-refractivity contribution in [2.45, 2.75) is 69.6 Å². The SMILES string of the molecule is CC(C)n1cc(C(c2ccc(Cl)cc2)C(N)C(=O)Nc2cccc(F)c2CCC2CN(C)C3CCCS(=O)(=O)N2C3)ccc1=O. The summed E-state index contributed by atoms with van der Waals surface area (Å²) in [4.78, 5) is 28.5. The molecule has 5 rings (SSSR count). The second kappa shape index (κ2) is 13.7. The van der Waals surface area contributed by atoms with E-state index in [1.165, 1.54) is 18.2 Å². The summed E-state index contributed by atoms with van der Waals surface area (Å²) in [7, 11) is -1.39.